The zero-order valence-corrected chi connectivity index (χ0v) is 15.0. The maximum atomic E-state index is 12.8. The lowest BCUT2D eigenvalue weighted by Gasteiger charge is -2.22. The first-order valence-corrected chi connectivity index (χ1v) is 8.36. The van der Waals surface area contributed by atoms with Gasteiger partial charge >= 0.3 is 12.3 Å². The monoisotopic (exact) mass is 372 g/mol. The summed E-state index contributed by atoms with van der Waals surface area (Å²) < 4.78 is 43.4. The van der Waals surface area contributed by atoms with E-state index in [1.165, 1.54) is 12.1 Å². The second-order valence-electron chi connectivity index (χ2n) is 7.37. The van der Waals surface area contributed by atoms with Gasteiger partial charge in [0, 0.05) is 24.7 Å². The van der Waals surface area contributed by atoms with Crippen LogP contribution in [0.15, 0.2) is 24.3 Å². The van der Waals surface area contributed by atoms with Gasteiger partial charge in [-0.15, -0.1) is 0 Å². The second-order valence-corrected chi connectivity index (χ2v) is 7.37. The average Bonchev–Trinajstić information content (AvgIpc) is 2.91. The molecule has 1 aliphatic rings. The molecule has 1 atom stereocenters. The number of Topliss-reactive ketones (excluding diaryl/α,β-unsaturated/α-hetero) is 1. The molecule has 0 saturated carbocycles. The van der Waals surface area contributed by atoms with E-state index in [1.807, 2.05) is 4.90 Å². The molecule has 1 amide bonds. The number of alkyl halides is 3. The fraction of sp³-hybridized carbons (Fsp3) is 0.556. The number of rotatable bonds is 4. The summed E-state index contributed by atoms with van der Waals surface area (Å²) in [6.45, 7) is 6.33. The largest absolute Gasteiger partial charge is 0.444 e. The summed E-state index contributed by atoms with van der Waals surface area (Å²) in [5.74, 6) is -0.381. The van der Waals surface area contributed by atoms with E-state index in [9.17, 15) is 22.8 Å². The van der Waals surface area contributed by atoms with E-state index in [2.05, 4.69) is 5.32 Å². The third-order valence-electron chi connectivity index (χ3n) is 3.87. The molecule has 0 aliphatic carbocycles. The van der Waals surface area contributed by atoms with Crippen molar-refractivity contribution in [1.82, 2.24) is 10.2 Å². The van der Waals surface area contributed by atoms with Crippen LogP contribution in [0, 0.1) is 0 Å². The number of carbonyl (C=O) groups excluding carboxylic acids is 2. The van der Waals surface area contributed by atoms with E-state index in [4.69, 9.17) is 4.74 Å². The van der Waals surface area contributed by atoms with Crippen LogP contribution in [0.5, 0.6) is 0 Å². The normalized spacial score (nSPS) is 18.6. The van der Waals surface area contributed by atoms with Crippen molar-refractivity contribution in [2.24, 2.45) is 0 Å². The quantitative estimate of drug-likeness (QED) is 0.822. The summed E-state index contributed by atoms with van der Waals surface area (Å²) in [7, 11) is 0. The van der Waals surface area contributed by atoms with Crippen LogP contribution in [-0.4, -0.2) is 48.1 Å². The van der Waals surface area contributed by atoms with Gasteiger partial charge in [-0.3, -0.25) is 9.69 Å². The van der Waals surface area contributed by atoms with Crippen molar-refractivity contribution in [3.05, 3.63) is 35.4 Å². The van der Waals surface area contributed by atoms with Gasteiger partial charge in [0.25, 0.3) is 0 Å². The number of ether oxygens (including phenoxy) is 1. The van der Waals surface area contributed by atoms with Crippen molar-refractivity contribution in [3.8, 4) is 0 Å². The Balaban J connectivity index is 1.89. The van der Waals surface area contributed by atoms with Crippen molar-refractivity contribution < 1.29 is 27.5 Å². The first kappa shape index (κ1) is 20.2. The Labute approximate surface area is 150 Å². The number of nitrogens with zero attached hydrogens (tertiary/aromatic N) is 1. The summed E-state index contributed by atoms with van der Waals surface area (Å²) in [6, 6.07) is 4.26. The molecular formula is C18H23F3N2O3. The van der Waals surface area contributed by atoms with Crippen LogP contribution in [0.3, 0.4) is 0 Å². The van der Waals surface area contributed by atoms with Crippen LogP contribution < -0.4 is 5.32 Å². The molecule has 1 aromatic carbocycles. The topological polar surface area (TPSA) is 58.6 Å². The lowest BCUT2D eigenvalue weighted by Crippen LogP contribution is -2.41. The molecule has 26 heavy (non-hydrogen) atoms. The summed E-state index contributed by atoms with van der Waals surface area (Å²) in [5, 5.41) is 2.74. The third kappa shape index (κ3) is 6.01. The van der Waals surface area contributed by atoms with Crippen molar-refractivity contribution in [3.63, 3.8) is 0 Å². The zero-order valence-electron chi connectivity index (χ0n) is 15.0. The Kier molecular flexibility index (Phi) is 5.95. The zero-order chi connectivity index (χ0) is 19.5. The van der Waals surface area contributed by atoms with Gasteiger partial charge in [-0.05, 0) is 39.3 Å². The number of ketones is 1. The molecule has 0 bridgehead atoms. The first-order valence-electron chi connectivity index (χ1n) is 8.36. The highest BCUT2D eigenvalue weighted by molar-refractivity contribution is 5.97. The molecule has 8 heteroatoms. The highest BCUT2D eigenvalue weighted by Crippen LogP contribution is 2.29. The van der Waals surface area contributed by atoms with Crippen LogP contribution in [0.25, 0.3) is 0 Å². The Morgan fingerprint density at radius 2 is 1.96 bits per heavy atom. The van der Waals surface area contributed by atoms with Crippen molar-refractivity contribution in [2.75, 3.05) is 19.6 Å². The van der Waals surface area contributed by atoms with Crippen LogP contribution in [0.1, 0.15) is 43.1 Å². The summed E-state index contributed by atoms with van der Waals surface area (Å²) in [5.41, 5.74) is -1.40. The molecule has 1 unspecified atom stereocenters. The molecule has 2 rings (SSSR count). The van der Waals surface area contributed by atoms with Gasteiger partial charge < -0.3 is 10.1 Å². The Morgan fingerprint density at radius 1 is 1.27 bits per heavy atom. The summed E-state index contributed by atoms with van der Waals surface area (Å²) >= 11 is 0. The van der Waals surface area contributed by atoms with Crippen molar-refractivity contribution in [2.45, 2.75) is 45.0 Å². The number of hydrogen-bond donors (Lipinski definition) is 1. The summed E-state index contributed by atoms with van der Waals surface area (Å²) in [4.78, 5) is 25.9. The van der Waals surface area contributed by atoms with Crippen LogP contribution in [0.2, 0.25) is 0 Å². The average molecular weight is 372 g/mol. The van der Waals surface area contributed by atoms with E-state index in [0.717, 1.165) is 12.1 Å². The van der Waals surface area contributed by atoms with Crippen molar-refractivity contribution in [1.29, 1.82) is 0 Å². The van der Waals surface area contributed by atoms with E-state index in [-0.39, 0.29) is 23.9 Å². The molecule has 1 aliphatic heterocycles. The molecule has 0 radical (unpaired) electrons. The fourth-order valence-corrected chi connectivity index (χ4v) is 2.73. The molecule has 1 N–H and O–H groups in total. The van der Waals surface area contributed by atoms with Gasteiger partial charge in [0.1, 0.15) is 5.60 Å². The lowest BCUT2D eigenvalue weighted by molar-refractivity contribution is -0.137. The maximum Gasteiger partial charge on any atom is 0.416 e. The van der Waals surface area contributed by atoms with Gasteiger partial charge in [-0.1, -0.05) is 12.1 Å². The van der Waals surface area contributed by atoms with Crippen LogP contribution >= 0.6 is 0 Å². The van der Waals surface area contributed by atoms with Gasteiger partial charge in [0.15, 0.2) is 5.78 Å². The second kappa shape index (κ2) is 7.65. The minimum absolute atomic E-state index is 0.00775. The van der Waals surface area contributed by atoms with Gasteiger partial charge in [-0.25, -0.2) is 4.79 Å². The number of benzene rings is 1. The number of nitrogens with one attached hydrogen (secondary N) is 1. The molecule has 0 spiro atoms. The van der Waals surface area contributed by atoms with Gasteiger partial charge in [0.05, 0.1) is 12.1 Å². The molecule has 0 aromatic heterocycles. The summed E-state index contributed by atoms with van der Waals surface area (Å²) in [6.07, 6.45) is -4.35. The number of likely N-dealkylation sites (tertiary alicyclic amines) is 1. The minimum atomic E-state index is -4.48. The fourth-order valence-electron chi connectivity index (χ4n) is 2.73. The number of alkyl carbamates (subject to hydrolysis) is 1. The number of halogens is 3. The smallest absolute Gasteiger partial charge is 0.416 e. The number of carbonyl (C=O) groups is 2. The minimum Gasteiger partial charge on any atom is -0.444 e. The SMILES string of the molecule is CC(C)(C)OC(=O)NC1CCN(CC(=O)c2cccc(C(F)(F)F)c2)C1. The molecule has 1 saturated heterocycles. The highest BCUT2D eigenvalue weighted by atomic mass is 19.4. The Hall–Kier alpha value is -2.09. The predicted molar refractivity (Wildman–Crippen MR) is 90.0 cm³/mol. The Morgan fingerprint density at radius 3 is 2.58 bits per heavy atom. The predicted octanol–water partition coefficient (Wildman–Crippen LogP) is 3.49. The Bertz CT molecular complexity index is 668. The van der Waals surface area contributed by atoms with Crippen LogP contribution in [-0.2, 0) is 10.9 Å². The standard InChI is InChI=1S/C18H23F3N2O3/c1-17(2,3)26-16(25)22-14-7-8-23(10-14)11-15(24)12-5-4-6-13(9-12)18(19,20)21/h4-6,9,14H,7-8,10-11H2,1-3H3,(H,22,25). The van der Waals surface area contributed by atoms with Gasteiger partial charge in [-0.2, -0.15) is 13.2 Å². The molecule has 1 heterocycles. The van der Waals surface area contributed by atoms with Gasteiger partial charge in [0.2, 0.25) is 0 Å². The molecule has 5 nitrogen and oxygen atoms in total. The first-order chi connectivity index (χ1) is 11.9. The number of hydrogen-bond acceptors (Lipinski definition) is 4. The molecular weight excluding hydrogens is 349 g/mol. The molecule has 1 aromatic rings. The van der Waals surface area contributed by atoms with E-state index in [0.29, 0.717) is 19.5 Å². The maximum absolute atomic E-state index is 12.8. The van der Waals surface area contributed by atoms with E-state index >= 15 is 0 Å². The van der Waals surface area contributed by atoms with Crippen molar-refractivity contribution >= 4 is 11.9 Å². The lowest BCUT2D eigenvalue weighted by atomic mass is 10.1. The van der Waals surface area contributed by atoms with E-state index < -0.39 is 23.4 Å². The number of amides is 1. The van der Waals surface area contributed by atoms with E-state index in [1.54, 1.807) is 20.8 Å². The third-order valence-corrected chi connectivity index (χ3v) is 3.87. The molecule has 144 valence electrons. The van der Waals surface area contributed by atoms with Crippen LogP contribution in [0.4, 0.5) is 18.0 Å². The highest BCUT2D eigenvalue weighted by Gasteiger charge is 2.31. The molecule has 1 fully saturated rings.